The highest BCUT2D eigenvalue weighted by Crippen LogP contribution is 2.34. The molecule has 1 aliphatic heterocycles. The van der Waals surface area contributed by atoms with Crippen LogP contribution in [0.2, 0.25) is 0 Å². The molecule has 0 radical (unpaired) electrons. The molecule has 0 bridgehead atoms. The van der Waals surface area contributed by atoms with Gasteiger partial charge in [0.15, 0.2) is 5.78 Å². The Labute approximate surface area is 155 Å². The molecule has 0 unspecified atom stereocenters. The minimum absolute atomic E-state index is 0.0249. The number of ketones is 1. The summed E-state index contributed by atoms with van der Waals surface area (Å²) in [5, 5.41) is 0. The second-order valence-electron chi connectivity index (χ2n) is 7.12. The minimum atomic E-state index is -0.324. The van der Waals surface area contributed by atoms with E-state index in [1.165, 1.54) is 0 Å². The third-order valence-corrected chi connectivity index (χ3v) is 4.62. The molecule has 1 heterocycles. The average Bonchev–Trinajstić information content (AvgIpc) is 2.60. The quantitative estimate of drug-likeness (QED) is 0.549. The van der Waals surface area contributed by atoms with Gasteiger partial charge < -0.3 is 9.47 Å². The Hall–Kier alpha value is -2.81. The second-order valence-corrected chi connectivity index (χ2v) is 7.12. The molecule has 0 aromatic heterocycles. The molecule has 26 heavy (non-hydrogen) atoms. The van der Waals surface area contributed by atoms with E-state index in [1.807, 2.05) is 76.3 Å². The molecule has 0 saturated carbocycles. The first-order valence-corrected chi connectivity index (χ1v) is 8.69. The number of allylic oxidation sites excluding steroid dienone is 1. The van der Waals surface area contributed by atoms with Gasteiger partial charge in [-0.15, -0.1) is 0 Å². The number of methoxy groups -OCH3 is 1. The third kappa shape index (κ3) is 3.57. The van der Waals surface area contributed by atoms with E-state index in [-0.39, 0.29) is 11.4 Å². The van der Waals surface area contributed by atoms with Crippen molar-refractivity contribution in [3.63, 3.8) is 0 Å². The van der Waals surface area contributed by atoms with Gasteiger partial charge in [-0.3, -0.25) is 4.79 Å². The van der Waals surface area contributed by atoms with Crippen LogP contribution < -0.4 is 9.47 Å². The highest BCUT2D eigenvalue weighted by Gasteiger charge is 2.24. The van der Waals surface area contributed by atoms with Crippen molar-refractivity contribution in [1.82, 2.24) is 0 Å². The van der Waals surface area contributed by atoms with Crippen molar-refractivity contribution >= 4 is 17.9 Å². The van der Waals surface area contributed by atoms with Crippen LogP contribution in [0, 0.1) is 13.8 Å². The molecule has 0 aliphatic carbocycles. The topological polar surface area (TPSA) is 35.5 Å². The van der Waals surface area contributed by atoms with Crippen molar-refractivity contribution in [2.24, 2.45) is 0 Å². The minimum Gasteiger partial charge on any atom is -0.496 e. The first-order chi connectivity index (χ1) is 12.3. The number of benzene rings is 2. The van der Waals surface area contributed by atoms with Gasteiger partial charge in [0.05, 0.1) is 7.11 Å². The van der Waals surface area contributed by atoms with E-state index in [2.05, 4.69) is 0 Å². The van der Waals surface area contributed by atoms with Gasteiger partial charge in [-0.25, -0.2) is 0 Å². The fourth-order valence-corrected chi connectivity index (χ4v) is 3.07. The molecule has 3 nitrogen and oxygen atoms in total. The first kappa shape index (κ1) is 18.0. The maximum atomic E-state index is 12.7. The fourth-order valence-electron chi connectivity index (χ4n) is 3.07. The number of fused-ring (bicyclic) bond motifs is 1. The van der Waals surface area contributed by atoms with Gasteiger partial charge in [0.1, 0.15) is 17.1 Å². The van der Waals surface area contributed by atoms with Crippen LogP contribution in [0.5, 0.6) is 11.5 Å². The van der Waals surface area contributed by atoms with Crippen molar-refractivity contribution < 1.29 is 14.3 Å². The van der Waals surface area contributed by atoms with Crippen molar-refractivity contribution in [3.05, 3.63) is 70.3 Å². The lowest BCUT2D eigenvalue weighted by atomic mass is 9.94. The smallest absolute Gasteiger partial charge is 0.186 e. The standard InChI is InChI=1S/C23H24O3/c1-15-6-7-17(14-22(15)25-5)8-10-20(24)18-9-11-21-19(16(18)2)12-13-23(3,4)26-21/h6-14H,1-5H3/b10-8+. The summed E-state index contributed by atoms with van der Waals surface area (Å²) in [4.78, 5) is 12.7. The molecule has 0 saturated heterocycles. The normalized spacial score (nSPS) is 14.8. The molecular formula is C23H24O3. The highest BCUT2D eigenvalue weighted by atomic mass is 16.5. The van der Waals surface area contributed by atoms with Crippen LogP contribution >= 0.6 is 0 Å². The molecule has 0 atom stereocenters. The Bertz CT molecular complexity index is 917. The average molecular weight is 348 g/mol. The predicted octanol–water partition coefficient (Wildman–Crippen LogP) is 5.39. The largest absolute Gasteiger partial charge is 0.496 e. The van der Waals surface area contributed by atoms with Crippen LogP contribution in [0.4, 0.5) is 0 Å². The summed E-state index contributed by atoms with van der Waals surface area (Å²) in [6, 6.07) is 9.60. The monoisotopic (exact) mass is 348 g/mol. The molecule has 3 rings (SSSR count). The van der Waals surface area contributed by atoms with Crippen molar-refractivity contribution in [1.29, 1.82) is 0 Å². The summed E-state index contributed by atoms with van der Waals surface area (Å²) >= 11 is 0. The number of ether oxygens (including phenoxy) is 2. The maximum Gasteiger partial charge on any atom is 0.186 e. The lowest BCUT2D eigenvalue weighted by Gasteiger charge is -2.29. The summed E-state index contributed by atoms with van der Waals surface area (Å²) < 4.78 is 11.3. The molecule has 134 valence electrons. The van der Waals surface area contributed by atoms with E-state index in [1.54, 1.807) is 13.2 Å². The van der Waals surface area contributed by atoms with Gasteiger partial charge in [0.2, 0.25) is 0 Å². The van der Waals surface area contributed by atoms with Crippen LogP contribution in [0.3, 0.4) is 0 Å². The number of rotatable bonds is 4. The SMILES string of the molecule is COc1cc(/C=C/C(=O)c2ccc3c(c2C)C=CC(C)(C)O3)ccc1C. The Balaban J connectivity index is 1.87. The van der Waals surface area contributed by atoms with E-state index < -0.39 is 0 Å². The molecule has 0 amide bonds. The number of hydrogen-bond donors (Lipinski definition) is 0. The highest BCUT2D eigenvalue weighted by molar-refractivity contribution is 6.08. The van der Waals surface area contributed by atoms with Crippen LogP contribution in [-0.2, 0) is 0 Å². The van der Waals surface area contributed by atoms with Crippen LogP contribution in [0.25, 0.3) is 12.2 Å². The Kier molecular flexibility index (Phi) is 4.73. The van der Waals surface area contributed by atoms with E-state index in [0.29, 0.717) is 5.56 Å². The number of carbonyl (C=O) groups is 1. The molecular weight excluding hydrogens is 324 g/mol. The predicted molar refractivity (Wildman–Crippen MR) is 106 cm³/mol. The molecule has 0 fully saturated rings. The van der Waals surface area contributed by atoms with Crippen molar-refractivity contribution in [2.45, 2.75) is 33.3 Å². The number of hydrogen-bond acceptors (Lipinski definition) is 3. The molecule has 3 heteroatoms. The zero-order valence-electron chi connectivity index (χ0n) is 15.9. The second kappa shape index (κ2) is 6.83. The lowest BCUT2D eigenvalue weighted by Crippen LogP contribution is -2.27. The number of carbonyl (C=O) groups excluding carboxylic acids is 1. The zero-order valence-corrected chi connectivity index (χ0v) is 15.9. The Morgan fingerprint density at radius 3 is 2.65 bits per heavy atom. The summed E-state index contributed by atoms with van der Waals surface area (Å²) in [7, 11) is 1.65. The van der Waals surface area contributed by atoms with Gasteiger partial charge >= 0.3 is 0 Å². The third-order valence-electron chi connectivity index (χ3n) is 4.62. The van der Waals surface area contributed by atoms with Crippen molar-refractivity contribution in [2.75, 3.05) is 7.11 Å². The molecule has 0 spiro atoms. The van der Waals surface area contributed by atoms with Gasteiger partial charge in [0.25, 0.3) is 0 Å². The number of aryl methyl sites for hydroxylation is 1. The van der Waals surface area contributed by atoms with Gasteiger partial charge in [0, 0.05) is 11.1 Å². The van der Waals surface area contributed by atoms with Crippen LogP contribution in [-0.4, -0.2) is 18.5 Å². The van der Waals surface area contributed by atoms with Crippen LogP contribution in [0.1, 0.15) is 46.5 Å². The maximum absolute atomic E-state index is 12.7. The fraction of sp³-hybridized carbons (Fsp3) is 0.261. The molecule has 1 aliphatic rings. The van der Waals surface area contributed by atoms with Gasteiger partial charge in [-0.05, 0) is 74.7 Å². The lowest BCUT2D eigenvalue weighted by molar-refractivity contribution is 0.104. The Morgan fingerprint density at radius 1 is 1.15 bits per heavy atom. The van der Waals surface area contributed by atoms with E-state index in [9.17, 15) is 4.79 Å². The summed E-state index contributed by atoms with van der Waals surface area (Å²) in [5.74, 6) is 1.61. The van der Waals surface area contributed by atoms with Crippen LogP contribution in [0.15, 0.2) is 42.5 Å². The summed E-state index contributed by atoms with van der Waals surface area (Å²) in [5.41, 5.74) is 4.27. The first-order valence-electron chi connectivity index (χ1n) is 8.69. The molecule has 2 aromatic rings. The van der Waals surface area contributed by atoms with Gasteiger partial charge in [-0.2, -0.15) is 0 Å². The zero-order chi connectivity index (χ0) is 18.9. The van der Waals surface area contributed by atoms with E-state index >= 15 is 0 Å². The van der Waals surface area contributed by atoms with E-state index in [4.69, 9.17) is 9.47 Å². The van der Waals surface area contributed by atoms with Crippen molar-refractivity contribution in [3.8, 4) is 11.5 Å². The molecule has 2 aromatic carbocycles. The molecule has 0 N–H and O–H groups in total. The summed E-state index contributed by atoms with van der Waals surface area (Å²) in [6.45, 7) is 7.98. The summed E-state index contributed by atoms with van der Waals surface area (Å²) in [6.07, 6.45) is 7.49. The van der Waals surface area contributed by atoms with Gasteiger partial charge in [-0.1, -0.05) is 24.3 Å². The van der Waals surface area contributed by atoms with E-state index in [0.717, 1.165) is 33.8 Å². The Morgan fingerprint density at radius 2 is 1.92 bits per heavy atom.